The quantitative estimate of drug-likeness (QED) is 0.557. The third kappa shape index (κ3) is 6.17. The smallest absolute Gasteiger partial charge is 0.243 e. The van der Waals surface area contributed by atoms with E-state index in [1.807, 2.05) is 18.2 Å². The first kappa shape index (κ1) is 16.5. The molecule has 2 aromatic rings. The SMILES string of the molecule is CN=C(NCCc1ccccc1)NCC(=O)Nc1cccnc1. The standard InChI is InChI=1S/C17H21N5O/c1-18-17(20-11-9-14-6-3-2-4-7-14)21-13-16(23)22-15-8-5-10-19-12-15/h2-8,10,12H,9,11,13H2,1H3,(H,22,23)(H2,18,20,21). The van der Waals surface area contributed by atoms with Crippen LogP contribution in [0.5, 0.6) is 0 Å². The Morgan fingerprint density at radius 1 is 1.13 bits per heavy atom. The number of pyridine rings is 1. The molecule has 0 aliphatic heterocycles. The van der Waals surface area contributed by atoms with Gasteiger partial charge < -0.3 is 16.0 Å². The molecule has 1 aromatic carbocycles. The molecule has 1 heterocycles. The number of hydrogen-bond donors (Lipinski definition) is 3. The van der Waals surface area contributed by atoms with Gasteiger partial charge in [-0.1, -0.05) is 30.3 Å². The number of amides is 1. The summed E-state index contributed by atoms with van der Waals surface area (Å²) in [5.74, 6) is 0.450. The fourth-order valence-electron chi connectivity index (χ4n) is 2.00. The summed E-state index contributed by atoms with van der Waals surface area (Å²) in [6.07, 6.45) is 4.15. The Balaban J connectivity index is 1.69. The highest BCUT2D eigenvalue weighted by Gasteiger charge is 2.04. The van der Waals surface area contributed by atoms with Gasteiger partial charge in [-0.15, -0.1) is 0 Å². The minimum Gasteiger partial charge on any atom is -0.356 e. The second-order valence-electron chi connectivity index (χ2n) is 4.88. The number of aromatic nitrogens is 1. The number of nitrogens with one attached hydrogen (secondary N) is 3. The molecule has 0 aliphatic carbocycles. The number of anilines is 1. The maximum absolute atomic E-state index is 11.8. The molecule has 6 heteroatoms. The molecule has 0 unspecified atom stereocenters. The van der Waals surface area contributed by atoms with Crippen molar-refractivity contribution >= 4 is 17.6 Å². The number of carbonyl (C=O) groups is 1. The van der Waals surface area contributed by atoms with Crippen molar-refractivity contribution in [2.45, 2.75) is 6.42 Å². The van der Waals surface area contributed by atoms with Crippen molar-refractivity contribution in [2.75, 3.05) is 25.5 Å². The summed E-state index contributed by atoms with van der Waals surface area (Å²) in [7, 11) is 1.68. The first-order valence-corrected chi connectivity index (χ1v) is 7.46. The second-order valence-corrected chi connectivity index (χ2v) is 4.88. The lowest BCUT2D eigenvalue weighted by Gasteiger charge is -2.12. The van der Waals surface area contributed by atoms with Crippen LogP contribution in [0.25, 0.3) is 0 Å². The number of hydrogen-bond acceptors (Lipinski definition) is 3. The second kappa shape index (κ2) is 9.19. The lowest BCUT2D eigenvalue weighted by Crippen LogP contribution is -2.42. The molecule has 1 amide bonds. The van der Waals surface area contributed by atoms with E-state index in [0.29, 0.717) is 11.6 Å². The predicted octanol–water partition coefficient (Wildman–Crippen LogP) is 1.43. The van der Waals surface area contributed by atoms with Crippen LogP contribution in [0.3, 0.4) is 0 Å². The average molecular weight is 311 g/mol. The summed E-state index contributed by atoms with van der Waals surface area (Å²) < 4.78 is 0. The molecule has 0 saturated heterocycles. The van der Waals surface area contributed by atoms with E-state index in [4.69, 9.17) is 0 Å². The highest BCUT2D eigenvalue weighted by atomic mass is 16.1. The van der Waals surface area contributed by atoms with E-state index in [0.717, 1.165) is 13.0 Å². The molecule has 0 saturated carbocycles. The number of rotatable bonds is 6. The Morgan fingerprint density at radius 2 is 1.96 bits per heavy atom. The van der Waals surface area contributed by atoms with Crippen molar-refractivity contribution < 1.29 is 4.79 Å². The van der Waals surface area contributed by atoms with E-state index >= 15 is 0 Å². The van der Waals surface area contributed by atoms with Crippen LogP contribution in [0, 0.1) is 0 Å². The minimum absolute atomic E-state index is 0.139. The topological polar surface area (TPSA) is 78.4 Å². The van der Waals surface area contributed by atoms with Crippen molar-refractivity contribution in [1.29, 1.82) is 0 Å². The van der Waals surface area contributed by atoms with E-state index in [2.05, 4.69) is 38.1 Å². The van der Waals surface area contributed by atoms with Gasteiger partial charge >= 0.3 is 0 Å². The van der Waals surface area contributed by atoms with Gasteiger partial charge in [-0.05, 0) is 24.1 Å². The molecule has 2 rings (SSSR count). The molecule has 0 radical (unpaired) electrons. The van der Waals surface area contributed by atoms with Gasteiger partial charge in [0, 0.05) is 19.8 Å². The van der Waals surface area contributed by atoms with Crippen LogP contribution in [-0.2, 0) is 11.2 Å². The van der Waals surface area contributed by atoms with Crippen LogP contribution in [0.2, 0.25) is 0 Å². The Hall–Kier alpha value is -2.89. The average Bonchev–Trinajstić information content (AvgIpc) is 2.59. The van der Waals surface area contributed by atoms with Crippen molar-refractivity contribution in [1.82, 2.24) is 15.6 Å². The van der Waals surface area contributed by atoms with E-state index in [1.165, 1.54) is 5.56 Å². The van der Waals surface area contributed by atoms with Crippen LogP contribution in [0.15, 0.2) is 59.9 Å². The molecular formula is C17H21N5O. The predicted molar refractivity (Wildman–Crippen MR) is 92.4 cm³/mol. The van der Waals surface area contributed by atoms with Crippen LogP contribution < -0.4 is 16.0 Å². The third-order valence-corrected chi connectivity index (χ3v) is 3.13. The number of carbonyl (C=O) groups excluding carboxylic acids is 1. The van der Waals surface area contributed by atoms with E-state index in [-0.39, 0.29) is 12.5 Å². The lowest BCUT2D eigenvalue weighted by molar-refractivity contribution is -0.115. The van der Waals surface area contributed by atoms with E-state index in [1.54, 1.807) is 31.6 Å². The summed E-state index contributed by atoms with van der Waals surface area (Å²) in [6, 6.07) is 13.8. The van der Waals surface area contributed by atoms with Gasteiger partial charge in [-0.25, -0.2) is 0 Å². The van der Waals surface area contributed by atoms with Gasteiger partial charge in [0.05, 0.1) is 18.4 Å². The van der Waals surface area contributed by atoms with Gasteiger partial charge in [-0.2, -0.15) is 0 Å². The van der Waals surface area contributed by atoms with E-state index in [9.17, 15) is 4.79 Å². The molecule has 0 spiro atoms. The van der Waals surface area contributed by atoms with Gasteiger partial charge in [0.2, 0.25) is 5.91 Å². The Bertz CT molecular complexity index is 628. The molecule has 0 bridgehead atoms. The Labute approximate surface area is 136 Å². The monoisotopic (exact) mass is 311 g/mol. The summed E-state index contributed by atoms with van der Waals surface area (Å²) >= 11 is 0. The van der Waals surface area contributed by atoms with Crippen molar-refractivity contribution in [3.63, 3.8) is 0 Å². The summed E-state index contributed by atoms with van der Waals surface area (Å²) in [5.41, 5.74) is 1.93. The molecule has 3 N–H and O–H groups in total. The number of aliphatic imine (C=N–C) groups is 1. The number of benzene rings is 1. The van der Waals surface area contributed by atoms with Gasteiger partial charge in [0.1, 0.15) is 0 Å². The molecule has 1 aromatic heterocycles. The van der Waals surface area contributed by atoms with Crippen molar-refractivity contribution in [2.24, 2.45) is 4.99 Å². The largest absolute Gasteiger partial charge is 0.356 e. The zero-order valence-corrected chi connectivity index (χ0v) is 13.1. The van der Waals surface area contributed by atoms with Gasteiger partial charge in [0.25, 0.3) is 0 Å². The third-order valence-electron chi connectivity index (χ3n) is 3.13. The lowest BCUT2D eigenvalue weighted by atomic mass is 10.1. The number of guanidine groups is 1. The summed E-state index contributed by atoms with van der Waals surface area (Å²) in [4.78, 5) is 19.9. The zero-order valence-electron chi connectivity index (χ0n) is 13.1. The van der Waals surface area contributed by atoms with Crippen molar-refractivity contribution in [3.8, 4) is 0 Å². The minimum atomic E-state index is -0.149. The Morgan fingerprint density at radius 3 is 2.65 bits per heavy atom. The van der Waals surface area contributed by atoms with Crippen molar-refractivity contribution in [3.05, 3.63) is 60.4 Å². The normalized spacial score (nSPS) is 10.9. The zero-order chi connectivity index (χ0) is 16.3. The molecule has 120 valence electrons. The highest BCUT2D eigenvalue weighted by Crippen LogP contribution is 2.01. The van der Waals surface area contributed by atoms with Gasteiger partial charge in [0.15, 0.2) is 5.96 Å². The molecule has 0 atom stereocenters. The maximum Gasteiger partial charge on any atom is 0.243 e. The summed E-state index contributed by atoms with van der Waals surface area (Å²) in [6.45, 7) is 0.883. The first-order chi connectivity index (χ1) is 11.3. The van der Waals surface area contributed by atoms with Crippen LogP contribution >= 0.6 is 0 Å². The Kier molecular flexibility index (Phi) is 6.59. The van der Waals surface area contributed by atoms with Gasteiger partial charge in [-0.3, -0.25) is 14.8 Å². The fourth-order valence-corrected chi connectivity index (χ4v) is 2.00. The summed E-state index contributed by atoms with van der Waals surface area (Å²) in [5, 5.41) is 8.92. The van der Waals surface area contributed by atoms with E-state index < -0.39 is 0 Å². The fraction of sp³-hybridized carbons (Fsp3) is 0.235. The molecule has 0 fully saturated rings. The highest BCUT2D eigenvalue weighted by molar-refractivity contribution is 5.94. The molecular weight excluding hydrogens is 290 g/mol. The molecule has 23 heavy (non-hydrogen) atoms. The molecule has 0 aliphatic rings. The number of nitrogens with zero attached hydrogens (tertiary/aromatic N) is 2. The molecule has 6 nitrogen and oxygen atoms in total. The van der Waals surface area contributed by atoms with Crippen LogP contribution in [0.1, 0.15) is 5.56 Å². The van der Waals surface area contributed by atoms with Crippen LogP contribution in [-0.4, -0.2) is 37.0 Å². The first-order valence-electron chi connectivity index (χ1n) is 7.46. The van der Waals surface area contributed by atoms with Crippen LogP contribution in [0.4, 0.5) is 5.69 Å². The maximum atomic E-state index is 11.8.